The van der Waals surface area contributed by atoms with Crippen LogP contribution < -0.4 is 10.6 Å². The number of aliphatic carboxylic acids is 1. The highest BCUT2D eigenvalue weighted by atomic mass is 16.8. The topological polar surface area (TPSA) is 373 Å². The number of amides is 2. The summed E-state index contributed by atoms with van der Waals surface area (Å²) in [7, 11) is 0. The highest BCUT2D eigenvalue weighted by Gasteiger charge is 2.60. The van der Waals surface area contributed by atoms with E-state index in [-0.39, 0.29) is 18.9 Å². The third kappa shape index (κ3) is 49.8. The Morgan fingerprint density at radius 3 is 1.19 bits per heavy atom. The summed E-state index contributed by atoms with van der Waals surface area (Å²) in [4.78, 5) is 38.9. The van der Waals surface area contributed by atoms with E-state index in [2.05, 4.69) is 48.8 Å². The van der Waals surface area contributed by atoms with Crippen LogP contribution in [-0.2, 0) is 42.8 Å². The van der Waals surface area contributed by atoms with Gasteiger partial charge >= 0.3 is 5.97 Å². The van der Waals surface area contributed by atoms with Crippen molar-refractivity contribution in [2.24, 2.45) is 0 Å². The van der Waals surface area contributed by atoms with E-state index >= 15 is 0 Å². The van der Waals surface area contributed by atoms with Crippen molar-refractivity contribution in [1.29, 1.82) is 0 Å². The molecule has 3 aliphatic heterocycles. The van der Waals surface area contributed by atoms with Crippen molar-refractivity contribution in [2.45, 2.75) is 535 Å². The van der Waals surface area contributed by atoms with Crippen LogP contribution in [0.5, 0.6) is 0 Å². The van der Waals surface area contributed by atoms with Crippen LogP contribution in [-0.4, -0.2) is 215 Å². The highest BCUT2D eigenvalue weighted by molar-refractivity contribution is 5.77. The zero-order chi connectivity index (χ0) is 85.9. The number of unbranched alkanes of at least 4 members (excludes halogenated alkanes) is 56. The molecule has 0 radical (unpaired) electrons. The number of carbonyl (C=O) groups is 3. The van der Waals surface area contributed by atoms with Crippen LogP contribution in [0.3, 0.4) is 0 Å². The zero-order valence-electron chi connectivity index (χ0n) is 74.5. The molecule has 3 aliphatic rings. The van der Waals surface area contributed by atoms with Gasteiger partial charge in [-0.1, -0.05) is 385 Å². The van der Waals surface area contributed by atoms with E-state index in [1.54, 1.807) is 0 Å². The predicted octanol–water partition coefficient (Wildman–Crippen LogP) is 17.0. The van der Waals surface area contributed by atoms with Gasteiger partial charge in [-0.3, -0.25) is 9.59 Å². The highest BCUT2D eigenvalue weighted by Crippen LogP contribution is 2.39. The van der Waals surface area contributed by atoms with Crippen LogP contribution >= 0.6 is 0 Å². The number of carboxylic acids is 1. The molecular formula is C95H178N2O21. The molecule has 2 amide bonds. The van der Waals surface area contributed by atoms with Crippen LogP contribution in [0, 0.1) is 0 Å². The standard InChI is InChI=1S/C95H178N2O21/c1-4-6-8-10-12-14-16-18-20-22-24-26-28-30-31-32-33-34-35-36-37-38-39-40-41-42-43-45-47-49-51-53-55-57-59-61-63-65-67-69-82(105)97-76(77(102)68-66-64-62-60-58-56-54-52-50-48-46-44-29-27-25-23-21-19-17-15-13-11-9-7-5-2)74-113-92-87(109)86(108)89(81(73-100)115-92)116-93-88(110)91(85(107)80(72-99)114-93)118-95(94(111)112)70-78(103)83(96-75(3)101)90(117-95)84(106)79(104)71-98/h33-34,36-37,76-81,83-93,98-100,102-104,106-110H,4-32,35,38-74H2,1-3H3,(H,96,101)(H,97,105)(H,111,112)/b34-33-,37-36-. The van der Waals surface area contributed by atoms with E-state index in [4.69, 9.17) is 28.4 Å². The quantitative estimate of drug-likeness (QED) is 0.0199. The molecule has 694 valence electrons. The van der Waals surface area contributed by atoms with Gasteiger partial charge < -0.3 is 100 Å². The number of ether oxygens (including phenoxy) is 6. The van der Waals surface area contributed by atoms with E-state index in [0.29, 0.717) is 19.3 Å². The lowest BCUT2D eigenvalue weighted by Crippen LogP contribution is -2.70. The molecule has 3 fully saturated rings. The van der Waals surface area contributed by atoms with Crippen LogP contribution in [0.4, 0.5) is 0 Å². The average molecular weight is 1680 g/mol. The lowest BCUT2D eigenvalue weighted by atomic mass is 9.88. The van der Waals surface area contributed by atoms with E-state index in [9.17, 15) is 75.7 Å². The molecule has 3 heterocycles. The van der Waals surface area contributed by atoms with Crippen molar-refractivity contribution in [3.8, 4) is 0 Å². The Labute approximate surface area is 714 Å². The Hall–Kier alpha value is -2.79. The molecule has 0 aliphatic carbocycles. The van der Waals surface area contributed by atoms with Gasteiger partial charge in [-0.15, -0.1) is 0 Å². The second-order valence-electron chi connectivity index (χ2n) is 35.3. The molecule has 23 nitrogen and oxygen atoms in total. The number of carbonyl (C=O) groups excluding carboxylic acids is 2. The van der Waals surface area contributed by atoms with Gasteiger partial charge in [0.2, 0.25) is 11.8 Å². The molecule has 14 N–H and O–H groups in total. The summed E-state index contributed by atoms with van der Waals surface area (Å²) in [5.74, 6) is -6.09. The summed E-state index contributed by atoms with van der Waals surface area (Å²) < 4.78 is 35.1. The van der Waals surface area contributed by atoms with Gasteiger partial charge in [0.1, 0.15) is 67.1 Å². The van der Waals surface area contributed by atoms with Crippen LogP contribution in [0.2, 0.25) is 0 Å². The van der Waals surface area contributed by atoms with Crippen molar-refractivity contribution < 1.29 is 104 Å². The minimum absolute atomic E-state index is 0.226. The summed E-state index contributed by atoms with van der Waals surface area (Å²) in [6, 6.07) is -2.53. The van der Waals surface area contributed by atoms with Gasteiger partial charge in [-0.2, -0.15) is 0 Å². The molecule has 118 heavy (non-hydrogen) atoms. The van der Waals surface area contributed by atoms with E-state index in [0.717, 1.165) is 64.7 Å². The van der Waals surface area contributed by atoms with Gasteiger partial charge in [-0.05, 0) is 44.9 Å². The molecule has 0 aromatic carbocycles. The van der Waals surface area contributed by atoms with Crippen molar-refractivity contribution in [3.63, 3.8) is 0 Å². The Morgan fingerprint density at radius 1 is 0.441 bits per heavy atom. The number of nitrogens with one attached hydrogen (secondary N) is 2. The first kappa shape index (κ1) is 109. The fraction of sp³-hybridized carbons (Fsp3) is 0.926. The normalized spacial score (nSPS) is 24.7. The molecule has 0 aromatic heterocycles. The van der Waals surface area contributed by atoms with Gasteiger partial charge in [0.25, 0.3) is 5.79 Å². The van der Waals surface area contributed by atoms with Crippen LogP contribution in [0.25, 0.3) is 0 Å². The fourth-order valence-corrected chi connectivity index (χ4v) is 17.0. The lowest BCUT2D eigenvalue weighted by Gasteiger charge is -2.50. The largest absolute Gasteiger partial charge is 0.477 e. The number of aliphatic hydroxyl groups excluding tert-OH is 11. The summed E-state index contributed by atoms with van der Waals surface area (Å²) >= 11 is 0. The molecule has 0 spiro atoms. The molecule has 3 saturated heterocycles. The van der Waals surface area contributed by atoms with E-state index < -0.39 is 148 Å². The molecular weight excluding hydrogens is 1510 g/mol. The molecule has 18 atom stereocenters. The number of hydrogen-bond acceptors (Lipinski definition) is 20. The molecule has 0 bridgehead atoms. The first-order valence-electron chi connectivity index (χ1n) is 48.7. The Balaban J connectivity index is 1.40. The van der Waals surface area contributed by atoms with Gasteiger partial charge in [0.05, 0.1) is 50.7 Å². The molecule has 0 saturated carbocycles. The van der Waals surface area contributed by atoms with Crippen molar-refractivity contribution in [3.05, 3.63) is 24.3 Å². The van der Waals surface area contributed by atoms with E-state index in [1.807, 2.05) is 0 Å². The molecule has 3 rings (SSSR count). The molecule has 18 unspecified atom stereocenters. The summed E-state index contributed by atoms with van der Waals surface area (Å²) in [5, 5.41) is 137. The number of hydrogen-bond donors (Lipinski definition) is 14. The first-order chi connectivity index (χ1) is 57.4. The minimum Gasteiger partial charge on any atom is -0.477 e. The number of rotatable bonds is 80. The van der Waals surface area contributed by atoms with E-state index in [1.165, 1.54) is 315 Å². The SMILES string of the molecule is CCCCCCCCCCCCCCCCC/C=C\C/C=C\CCCCCCCCCCCCCCCCCCCC(=O)NC(COC1OC(CO)C(OC2OC(CO)C(O)C(OC3(C(=O)O)CC(O)C(NC(C)=O)C(C(O)C(O)CO)O3)C2O)C(O)C1O)C(O)CCCCCCCCCCCCCCCCCCCCCCCCCCC. The summed E-state index contributed by atoms with van der Waals surface area (Å²) in [6.07, 6.45) is 57.7. The Kier molecular flexibility index (Phi) is 67.1. The summed E-state index contributed by atoms with van der Waals surface area (Å²) in [5.41, 5.74) is 0. The van der Waals surface area contributed by atoms with Gasteiger partial charge in [0, 0.05) is 19.8 Å². The smallest absolute Gasteiger partial charge is 0.364 e. The predicted molar refractivity (Wildman–Crippen MR) is 468 cm³/mol. The van der Waals surface area contributed by atoms with Crippen molar-refractivity contribution >= 4 is 17.8 Å². The third-order valence-electron chi connectivity index (χ3n) is 24.7. The van der Waals surface area contributed by atoms with Crippen molar-refractivity contribution in [2.75, 3.05) is 26.4 Å². The van der Waals surface area contributed by atoms with Crippen LogP contribution in [0.15, 0.2) is 24.3 Å². The maximum absolute atomic E-state index is 13.6. The zero-order valence-corrected chi connectivity index (χ0v) is 74.5. The average Bonchev–Trinajstić information content (AvgIpc) is 0.752. The summed E-state index contributed by atoms with van der Waals surface area (Å²) in [6.45, 7) is 2.29. The van der Waals surface area contributed by atoms with Gasteiger partial charge in [0.15, 0.2) is 12.6 Å². The Bertz CT molecular complexity index is 2410. The number of allylic oxidation sites excluding steroid dienone is 4. The maximum atomic E-state index is 13.6. The monoisotopic (exact) mass is 1680 g/mol. The lowest BCUT2D eigenvalue weighted by molar-refractivity contribution is -0.386. The second kappa shape index (κ2) is 72.4. The third-order valence-corrected chi connectivity index (χ3v) is 24.7. The fourth-order valence-electron chi connectivity index (χ4n) is 17.0. The number of carboxylic acid groups (broad SMARTS) is 1. The molecule has 23 heteroatoms. The number of aliphatic hydroxyl groups is 11. The molecule has 0 aromatic rings. The first-order valence-corrected chi connectivity index (χ1v) is 48.7. The minimum atomic E-state index is -3.08. The maximum Gasteiger partial charge on any atom is 0.364 e. The second-order valence-corrected chi connectivity index (χ2v) is 35.3. The van der Waals surface area contributed by atoms with Crippen LogP contribution in [0.1, 0.15) is 425 Å². The Morgan fingerprint density at radius 2 is 0.814 bits per heavy atom. The van der Waals surface area contributed by atoms with Gasteiger partial charge in [-0.25, -0.2) is 4.79 Å². The van der Waals surface area contributed by atoms with Crippen molar-refractivity contribution in [1.82, 2.24) is 10.6 Å².